The van der Waals surface area contributed by atoms with Gasteiger partial charge in [0.15, 0.2) is 0 Å². The van der Waals surface area contributed by atoms with Crippen molar-refractivity contribution in [1.29, 1.82) is 0 Å². The number of para-hydroxylation sites is 1. The summed E-state index contributed by atoms with van der Waals surface area (Å²) in [6.45, 7) is 3.23. The van der Waals surface area contributed by atoms with E-state index < -0.39 is 0 Å². The van der Waals surface area contributed by atoms with Crippen LogP contribution in [0.1, 0.15) is 5.56 Å². The molecule has 6 nitrogen and oxygen atoms in total. The van der Waals surface area contributed by atoms with E-state index in [1.165, 1.54) is 0 Å². The van der Waals surface area contributed by atoms with Crippen LogP contribution >= 0.6 is 0 Å². The van der Waals surface area contributed by atoms with E-state index in [-0.39, 0.29) is 6.03 Å². The van der Waals surface area contributed by atoms with Crippen LogP contribution in [-0.4, -0.2) is 29.3 Å². The SMILES string of the molecule is COCCn1cc(NC(=O)Nc2ncccc2C)c2ccccc21. The molecular formula is C18H20N4O2. The molecule has 2 aromatic heterocycles. The maximum atomic E-state index is 12.3. The average molecular weight is 324 g/mol. The number of rotatable bonds is 5. The predicted molar refractivity (Wildman–Crippen MR) is 95.4 cm³/mol. The fourth-order valence-corrected chi connectivity index (χ4v) is 2.60. The van der Waals surface area contributed by atoms with Crippen LogP contribution in [-0.2, 0) is 11.3 Å². The van der Waals surface area contributed by atoms with Gasteiger partial charge < -0.3 is 14.6 Å². The number of carbonyl (C=O) groups is 1. The fraction of sp³-hybridized carbons (Fsp3) is 0.222. The standard InChI is InChI=1S/C18H20N4O2/c1-13-6-5-9-19-17(13)21-18(23)20-15-12-22(10-11-24-2)16-8-4-3-7-14(15)16/h3-9,12H,10-11H2,1-2H3,(H2,19,20,21,23). The highest BCUT2D eigenvalue weighted by Gasteiger charge is 2.11. The minimum Gasteiger partial charge on any atom is -0.383 e. The van der Waals surface area contributed by atoms with E-state index >= 15 is 0 Å². The first kappa shape index (κ1) is 16.0. The second-order valence-electron chi connectivity index (χ2n) is 5.49. The largest absolute Gasteiger partial charge is 0.383 e. The van der Waals surface area contributed by atoms with Gasteiger partial charge >= 0.3 is 6.03 Å². The number of pyridine rings is 1. The number of nitrogens with one attached hydrogen (secondary N) is 2. The summed E-state index contributed by atoms with van der Waals surface area (Å²) in [5, 5.41) is 6.67. The number of methoxy groups -OCH3 is 1. The van der Waals surface area contributed by atoms with Crippen LogP contribution in [0, 0.1) is 6.92 Å². The lowest BCUT2D eigenvalue weighted by Gasteiger charge is -2.08. The Bertz CT molecular complexity index is 857. The number of hydrogen-bond donors (Lipinski definition) is 2. The number of hydrogen-bond acceptors (Lipinski definition) is 3. The third-order valence-corrected chi connectivity index (χ3v) is 3.81. The normalized spacial score (nSPS) is 10.8. The first-order valence-electron chi connectivity index (χ1n) is 7.75. The molecule has 0 bridgehead atoms. The first-order chi connectivity index (χ1) is 11.7. The monoisotopic (exact) mass is 324 g/mol. The van der Waals surface area contributed by atoms with Crippen LogP contribution in [0.4, 0.5) is 16.3 Å². The molecule has 6 heteroatoms. The van der Waals surface area contributed by atoms with Gasteiger partial charge in [-0.05, 0) is 24.6 Å². The molecule has 24 heavy (non-hydrogen) atoms. The quantitative estimate of drug-likeness (QED) is 0.753. The summed E-state index contributed by atoms with van der Waals surface area (Å²) in [7, 11) is 1.67. The van der Waals surface area contributed by atoms with E-state index in [0.717, 1.165) is 28.7 Å². The fourth-order valence-electron chi connectivity index (χ4n) is 2.60. The number of ether oxygens (including phenoxy) is 1. The minimum atomic E-state index is -0.313. The van der Waals surface area contributed by atoms with Crippen molar-refractivity contribution in [2.75, 3.05) is 24.4 Å². The second-order valence-corrected chi connectivity index (χ2v) is 5.49. The lowest BCUT2D eigenvalue weighted by atomic mass is 10.2. The van der Waals surface area contributed by atoms with Crippen LogP contribution in [0.3, 0.4) is 0 Å². The molecule has 0 radical (unpaired) electrons. The third kappa shape index (κ3) is 3.38. The molecule has 0 atom stereocenters. The highest BCUT2D eigenvalue weighted by molar-refractivity contribution is 6.06. The summed E-state index contributed by atoms with van der Waals surface area (Å²) >= 11 is 0. The van der Waals surface area contributed by atoms with Crippen molar-refractivity contribution < 1.29 is 9.53 Å². The van der Waals surface area contributed by atoms with Crippen molar-refractivity contribution in [1.82, 2.24) is 9.55 Å². The molecule has 0 unspecified atom stereocenters. The molecule has 0 aliphatic rings. The molecule has 124 valence electrons. The Balaban J connectivity index is 1.82. The van der Waals surface area contributed by atoms with Gasteiger partial charge in [0.05, 0.1) is 17.8 Å². The lowest BCUT2D eigenvalue weighted by molar-refractivity contribution is 0.188. The number of amides is 2. The average Bonchev–Trinajstić information content (AvgIpc) is 2.93. The van der Waals surface area contributed by atoms with Crippen molar-refractivity contribution in [2.24, 2.45) is 0 Å². The zero-order valence-corrected chi connectivity index (χ0v) is 13.7. The molecule has 2 amide bonds. The number of nitrogens with zero attached hydrogens (tertiary/aromatic N) is 2. The van der Waals surface area contributed by atoms with Crippen molar-refractivity contribution in [3.05, 3.63) is 54.4 Å². The van der Waals surface area contributed by atoms with Gasteiger partial charge in [-0.25, -0.2) is 9.78 Å². The van der Waals surface area contributed by atoms with E-state index in [4.69, 9.17) is 4.74 Å². The Labute approximate surface area is 140 Å². The molecular weight excluding hydrogens is 304 g/mol. The van der Waals surface area contributed by atoms with Crippen molar-refractivity contribution in [3.63, 3.8) is 0 Å². The molecule has 0 aliphatic heterocycles. The van der Waals surface area contributed by atoms with Gasteiger partial charge in [-0.3, -0.25) is 5.32 Å². The number of carbonyl (C=O) groups excluding carboxylic acids is 1. The first-order valence-corrected chi connectivity index (χ1v) is 7.75. The summed E-state index contributed by atoms with van der Waals surface area (Å²) in [5.74, 6) is 0.554. The summed E-state index contributed by atoms with van der Waals surface area (Å²) in [4.78, 5) is 16.5. The van der Waals surface area contributed by atoms with Crippen LogP contribution in [0.2, 0.25) is 0 Å². The number of aryl methyl sites for hydroxylation is 1. The highest BCUT2D eigenvalue weighted by atomic mass is 16.5. The molecule has 0 spiro atoms. The van der Waals surface area contributed by atoms with Crippen LogP contribution in [0.15, 0.2) is 48.8 Å². The van der Waals surface area contributed by atoms with Crippen LogP contribution < -0.4 is 10.6 Å². The molecule has 0 saturated carbocycles. The molecule has 0 fully saturated rings. The number of aromatic nitrogens is 2. The van der Waals surface area contributed by atoms with Crippen LogP contribution in [0.25, 0.3) is 10.9 Å². The van der Waals surface area contributed by atoms with Crippen molar-refractivity contribution >= 4 is 28.4 Å². The molecule has 0 aliphatic carbocycles. The van der Waals surface area contributed by atoms with E-state index in [2.05, 4.69) is 20.2 Å². The third-order valence-electron chi connectivity index (χ3n) is 3.81. The number of benzene rings is 1. The van der Waals surface area contributed by atoms with E-state index in [1.54, 1.807) is 13.3 Å². The summed E-state index contributed by atoms with van der Waals surface area (Å²) in [6, 6.07) is 11.4. The Morgan fingerprint density at radius 2 is 2.04 bits per heavy atom. The second kappa shape index (κ2) is 7.14. The van der Waals surface area contributed by atoms with Crippen LogP contribution in [0.5, 0.6) is 0 Å². The zero-order chi connectivity index (χ0) is 16.9. The predicted octanol–water partition coefficient (Wildman–Crippen LogP) is 3.64. The smallest absolute Gasteiger partial charge is 0.324 e. The van der Waals surface area contributed by atoms with Gasteiger partial charge in [0.25, 0.3) is 0 Å². The van der Waals surface area contributed by atoms with E-state index in [9.17, 15) is 4.79 Å². The summed E-state index contributed by atoms with van der Waals surface area (Å²) < 4.78 is 7.22. The molecule has 0 saturated heterocycles. The van der Waals surface area contributed by atoms with Gasteiger partial charge in [0.1, 0.15) is 5.82 Å². The van der Waals surface area contributed by atoms with Gasteiger partial charge in [-0.1, -0.05) is 24.3 Å². The maximum absolute atomic E-state index is 12.3. The number of fused-ring (bicyclic) bond motifs is 1. The number of urea groups is 1. The molecule has 2 N–H and O–H groups in total. The number of anilines is 2. The van der Waals surface area contributed by atoms with Gasteiger partial charge in [-0.15, -0.1) is 0 Å². The molecule has 3 aromatic rings. The van der Waals surface area contributed by atoms with Gasteiger partial charge in [-0.2, -0.15) is 0 Å². The van der Waals surface area contributed by atoms with E-state index in [1.807, 2.05) is 49.5 Å². The Morgan fingerprint density at radius 1 is 1.21 bits per heavy atom. The highest BCUT2D eigenvalue weighted by Crippen LogP contribution is 2.26. The molecule has 2 heterocycles. The zero-order valence-electron chi connectivity index (χ0n) is 13.7. The molecule has 1 aromatic carbocycles. The maximum Gasteiger partial charge on any atom is 0.324 e. The van der Waals surface area contributed by atoms with Gasteiger partial charge in [0.2, 0.25) is 0 Å². The molecule has 3 rings (SSSR count). The van der Waals surface area contributed by atoms with Crippen molar-refractivity contribution in [3.8, 4) is 0 Å². The lowest BCUT2D eigenvalue weighted by Crippen LogP contribution is -2.20. The summed E-state index contributed by atoms with van der Waals surface area (Å²) in [6.07, 6.45) is 3.58. The van der Waals surface area contributed by atoms with E-state index in [0.29, 0.717) is 12.4 Å². The Morgan fingerprint density at radius 3 is 2.83 bits per heavy atom. The minimum absolute atomic E-state index is 0.313. The Kier molecular flexibility index (Phi) is 4.77. The topological polar surface area (TPSA) is 68.2 Å². The van der Waals surface area contributed by atoms with Crippen molar-refractivity contribution in [2.45, 2.75) is 13.5 Å². The summed E-state index contributed by atoms with van der Waals surface area (Å²) in [5.41, 5.74) is 2.72. The Hall–Kier alpha value is -2.86. The van der Waals surface area contributed by atoms with Gasteiger partial charge in [0, 0.05) is 31.4 Å².